The van der Waals surface area contributed by atoms with E-state index in [1.807, 2.05) is 30.3 Å². The second-order valence-electron chi connectivity index (χ2n) is 5.14. The van der Waals surface area contributed by atoms with Gasteiger partial charge in [-0.15, -0.1) is 0 Å². The van der Waals surface area contributed by atoms with Crippen molar-refractivity contribution in [1.29, 1.82) is 0 Å². The summed E-state index contributed by atoms with van der Waals surface area (Å²) in [6.07, 6.45) is 2.99. The van der Waals surface area contributed by atoms with Crippen LogP contribution in [0.1, 0.15) is 10.4 Å². The van der Waals surface area contributed by atoms with Gasteiger partial charge >= 0.3 is 5.97 Å². The van der Waals surface area contributed by atoms with Crippen molar-refractivity contribution in [2.24, 2.45) is 0 Å². The van der Waals surface area contributed by atoms with Crippen LogP contribution in [0.3, 0.4) is 0 Å². The summed E-state index contributed by atoms with van der Waals surface area (Å²) in [5, 5.41) is 2.43. The number of nitrogens with zero attached hydrogens (tertiary/aromatic N) is 2. The lowest BCUT2D eigenvalue weighted by Gasteiger charge is -2.07. The predicted molar refractivity (Wildman–Crippen MR) is 93.9 cm³/mol. The lowest BCUT2D eigenvalue weighted by Crippen LogP contribution is -2.21. The molecule has 3 rings (SSSR count). The highest BCUT2D eigenvalue weighted by Crippen LogP contribution is 2.21. The Hall–Kier alpha value is -3.74. The molecule has 0 aliphatic heterocycles. The quantitative estimate of drug-likeness (QED) is 0.688. The monoisotopic (exact) mass is 349 g/mol. The van der Waals surface area contributed by atoms with E-state index in [4.69, 9.17) is 9.47 Å². The Balaban J connectivity index is 1.51. The molecule has 26 heavy (non-hydrogen) atoms. The summed E-state index contributed by atoms with van der Waals surface area (Å²) < 4.78 is 10.6. The summed E-state index contributed by atoms with van der Waals surface area (Å²) in [5.74, 6) is 0.305. The minimum Gasteiger partial charge on any atom is -0.457 e. The number of rotatable bonds is 6. The lowest BCUT2D eigenvalue weighted by molar-refractivity contribution is -0.119. The molecule has 0 aliphatic rings. The van der Waals surface area contributed by atoms with Crippen LogP contribution >= 0.6 is 0 Å². The third kappa shape index (κ3) is 4.88. The van der Waals surface area contributed by atoms with E-state index in [0.717, 1.165) is 0 Å². The third-order valence-electron chi connectivity index (χ3n) is 3.22. The van der Waals surface area contributed by atoms with Crippen LogP contribution < -0.4 is 10.1 Å². The highest BCUT2D eigenvalue weighted by atomic mass is 16.5. The first kappa shape index (κ1) is 17.1. The number of amides is 1. The molecule has 1 heterocycles. The zero-order chi connectivity index (χ0) is 18.2. The number of carbonyl (C=O) groups is 2. The number of para-hydroxylation sites is 1. The Labute approximate surface area is 149 Å². The number of hydrogen-bond acceptors (Lipinski definition) is 6. The molecular formula is C19H15N3O4. The number of ether oxygens (including phenoxy) is 2. The van der Waals surface area contributed by atoms with E-state index in [1.54, 1.807) is 30.3 Å². The van der Waals surface area contributed by atoms with Crippen LogP contribution in [0.15, 0.2) is 73.1 Å². The molecule has 2 aromatic carbocycles. The fraction of sp³-hybridized carbons (Fsp3) is 0.0526. The normalized spacial score (nSPS) is 10.0. The van der Waals surface area contributed by atoms with Crippen molar-refractivity contribution in [2.45, 2.75) is 0 Å². The van der Waals surface area contributed by atoms with Gasteiger partial charge in [-0.05, 0) is 42.5 Å². The van der Waals surface area contributed by atoms with E-state index in [-0.39, 0.29) is 5.95 Å². The summed E-state index contributed by atoms with van der Waals surface area (Å²) in [6.45, 7) is -0.431. The van der Waals surface area contributed by atoms with Crippen LogP contribution in [-0.2, 0) is 9.53 Å². The Morgan fingerprint density at radius 3 is 2.19 bits per heavy atom. The number of anilines is 1. The largest absolute Gasteiger partial charge is 0.457 e. The first-order valence-electron chi connectivity index (χ1n) is 7.78. The third-order valence-corrected chi connectivity index (χ3v) is 3.22. The standard InChI is InChI=1S/C19H15N3O4/c23-17(22-19-20-11-4-12-21-19)13-25-18(24)14-7-9-16(10-8-14)26-15-5-2-1-3-6-15/h1-12H,13H2,(H,20,21,22,23). The van der Waals surface area contributed by atoms with Crippen LogP contribution in [0, 0.1) is 0 Å². The van der Waals surface area contributed by atoms with E-state index in [0.29, 0.717) is 17.1 Å². The van der Waals surface area contributed by atoms with Crippen molar-refractivity contribution in [3.63, 3.8) is 0 Å². The molecule has 0 radical (unpaired) electrons. The molecule has 0 bridgehead atoms. The molecule has 130 valence electrons. The average molecular weight is 349 g/mol. The highest BCUT2D eigenvalue weighted by Gasteiger charge is 2.11. The van der Waals surface area contributed by atoms with E-state index in [1.165, 1.54) is 12.4 Å². The topological polar surface area (TPSA) is 90.4 Å². The summed E-state index contributed by atoms with van der Waals surface area (Å²) in [5.41, 5.74) is 0.314. The van der Waals surface area contributed by atoms with Crippen molar-refractivity contribution in [3.05, 3.63) is 78.6 Å². The van der Waals surface area contributed by atoms with Crippen LogP contribution in [-0.4, -0.2) is 28.5 Å². The summed E-state index contributed by atoms with van der Waals surface area (Å²) in [7, 11) is 0. The van der Waals surface area contributed by atoms with Crippen LogP contribution in [0.4, 0.5) is 5.95 Å². The predicted octanol–water partition coefficient (Wildman–Crippen LogP) is 3.06. The molecule has 0 atom stereocenters. The van der Waals surface area contributed by atoms with Crippen LogP contribution in [0.25, 0.3) is 0 Å². The zero-order valence-electron chi connectivity index (χ0n) is 13.7. The van der Waals surface area contributed by atoms with Gasteiger partial charge in [0.2, 0.25) is 5.95 Å². The number of nitrogens with one attached hydrogen (secondary N) is 1. The Bertz CT molecular complexity index is 868. The number of benzene rings is 2. The van der Waals surface area contributed by atoms with Crippen molar-refractivity contribution < 1.29 is 19.1 Å². The van der Waals surface area contributed by atoms with Gasteiger partial charge in [0, 0.05) is 12.4 Å². The van der Waals surface area contributed by atoms with Gasteiger partial charge in [0.15, 0.2) is 6.61 Å². The maximum absolute atomic E-state index is 12.0. The van der Waals surface area contributed by atoms with Gasteiger partial charge in [-0.3, -0.25) is 10.1 Å². The second-order valence-corrected chi connectivity index (χ2v) is 5.14. The fourth-order valence-electron chi connectivity index (χ4n) is 2.02. The van der Waals surface area contributed by atoms with Gasteiger partial charge in [-0.1, -0.05) is 18.2 Å². The lowest BCUT2D eigenvalue weighted by atomic mass is 10.2. The van der Waals surface area contributed by atoms with E-state index >= 15 is 0 Å². The smallest absolute Gasteiger partial charge is 0.338 e. The summed E-state index contributed by atoms with van der Waals surface area (Å²) in [6, 6.07) is 17.4. The van der Waals surface area contributed by atoms with Crippen LogP contribution in [0.5, 0.6) is 11.5 Å². The first-order chi connectivity index (χ1) is 12.7. The molecule has 0 aliphatic carbocycles. The molecule has 0 saturated heterocycles. The number of esters is 1. The van der Waals surface area contributed by atoms with Crippen molar-refractivity contribution in [3.8, 4) is 11.5 Å². The molecule has 1 aromatic heterocycles. The van der Waals surface area contributed by atoms with Gasteiger partial charge in [-0.2, -0.15) is 0 Å². The summed E-state index contributed by atoms with van der Waals surface area (Å²) in [4.78, 5) is 31.4. The van der Waals surface area contributed by atoms with Gasteiger partial charge in [0.25, 0.3) is 5.91 Å². The van der Waals surface area contributed by atoms with E-state index < -0.39 is 18.5 Å². The molecular weight excluding hydrogens is 334 g/mol. The second kappa shape index (κ2) is 8.39. The minimum atomic E-state index is -0.611. The summed E-state index contributed by atoms with van der Waals surface area (Å²) >= 11 is 0. The number of carbonyl (C=O) groups excluding carboxylic acids is 2. The Kier molecular flexibility index (Phi) is 5.51. The molecule has 0 saturated carbocycles. The Morgan fingerprint density at radius 1 is 0.846 bits per heavy atom. The van der Waals surface area contributed by atoms with Gasteiger partial charge in [0.05, 0.1) is 5.56 Å². The van der Waals surface area contributed by atoms with Gasteiger partial charge in [-0.25, -0.2) is 14.8 Å². The zero-order valence-corrected chi connectivity index (χ0v) is 13.7. The first-order valence-corrected chi connectivity index (χ1v) is 7.78. The van der Waals surface area contributed by atoms with Crippen molar-refractivity contribution in [2.75, 3.05) is 11.9 Å². The highest BCUT2D eigenvalue weighted by molar-refractivity contribution is 5.94. The molecule has 7 nitrogen and oxygen atoms in total. The van der Waals surface area contributed by atoms with Crippen LogP contribution in [0.2, 0.25) is 0 Å². The molecule has 0 spiro atoms. The average Bonchev–Trinajstić information content (AvgIpc) is 2.68. The Morgan fingerprint density at radius 2 is 1.50 bits per heavy atom. The molecule has 1 N–H and O–H groups in total. The SMILES string of the molecule is O=C(COC(=O)c1ccc(Oc2ccccc2)cc1)Nc1ncccn1. The minimum absolute atomic E-state index is 0.149. The molecule has 3 aromatic rings. The maximum atomic E-state index is 12.0. The van der Waals surface area contributed by atoms with Gasteiger partial charge in [0.1, 0.15) is 11.5 Å². The van der Waals surface area contributed by atoms with Crippen molar-refractivity contribution >= 4 is 17.8 Å². The van der Waals surface area contributed by atoms with Gasteiger partial charge < -0.3 is 9.47 Å². The maximum Gasteiger partial charge on any atom is 0.338 e. The van der Waals surface area contributed by atoms with E-state index in [2.05, 4.69) is 15.3 Å². The molecule has 0 fully saturated rings. The fourth-order valence-corrected chi connectivity index (χ4v) is 2.02. The van der Waals surface area contributed by atoms with E-state index in [9.17, 15) is 9.59 Å². The molecule has 7 heteroatoms. The molecule has 1 amide bonds. The number of aromatic nitrogens is 2. The number of hydrogen-bond donors (Lipinski definition) is 1. The van der Waals surface area contributed by atoms with Crippen molar-refractivity contribution in [1.82, 2.24) is 9.97 Å². The molecule has 0 unspecified atom stereocenters.